The summed E-state index contributed by atoms with van der Waals surface area (Å²) in [5, 5.41) is 2.81. The van der Waals surface area contributed by atoms with Gasteiger partial charge in [-0.15, -0.1) is 11.3 Å². The Morgan fingerprint density at radius 3 is 2.65 bits per heavy atom. The maximum absolute atomic E-state index is 13.5. The third-order valence-electron chi connectivity index (χ3n) is 5.42. The van der Waals surface area contributed by atoms with Gasteiger partial charge in [-0.3, -0.25) is 14.0 Å². The van der Waals surface area contributed by atoms with Crippen LogP contribution in [0.2, 0.25) is 0 Å². The molecule has 7 heteroatoms. The van der Waals surface area contributed by atoms with E-state index in [2.05, 4.69) is 0 Å². The number of ether oxygens (including phenoxy) is 2. The number of fused-ring (bicyclic) bond motifs is 3. The van der Waals surface area contributed by atoms with Crippen molar-refractivity contribution < 1.29 is 14.3 Å². The molecule has 3 heterocycles. The molecule has 4 rings (SSSR count). The van der Waals surface area contributed by atoms with E-state index in [1.54, 1.807) is 29.7 Å². The molecule has 0 bridgehead atoms. The lowest BCUT2D eigenvalue weighted by atomic mass is 10.0. The molecule has 0 aliphatic carbocycles. The van der Waals surface area contributed by atoms with Gasteiger partial charge in [-0.2, -0.15) is 0 Å². The maximum Gasteiger partial charge on any atom is 0.263 e. The van der Waals surface area contributed by atoms with Gasteiger partial charge in [0.15, 0.2) is 0 Å². The van der Waals surface area contributed by atoms with E-state index in [1.807, 2.05) is 54.8 Å². The number of hydrogen-bond donors (Lipinski definition) is 0. The number of likely N-dealkylation sites (N-methyl/N-ethyl adjacent to an activating group) is 1. The van der Waals surface area contributed by atoms with Crippen LogP contribution in [0.25, 0.3) is 26.7 Å². The average Bonchev–Trinajstić information content (AvgIpc) is 3.29. The number of para-hydroxylation sites is 1. The van der Waals surface area contributed by atoms with Crippen LogP contribution >= 0.6 is 11.3 Å². The average molecular weight is 437 g/mol. The normalized spacial score (nSPS) is 11.2. The highest BCUT2D eigenvalue weighted by Crippen LogP contribution is 2.32. The van der Waals surface area contributed by atoms with Crippen LogP contribution in [-0.4, -0.2) is 49.1 Å². The first kappa shape index (κ1) is 21.1. The lowest BCUT2D eigenvalue weighted by Crippen LogP contribution is -2.34. The molecule has 0 spiro atoms. The Balaban J connectivity index is 1.94. The van der Waals surface area contributed by atoms with Crippen molar-refractivity contribution in [3.05, 3.63) is 70.0 Å². The minimum absolute atomic E-state index is 0.112. The van der Waals surface area contributed by atoms with Crippen LogP contribution in [0, 0.1) is 0 Å². The van der Waals surface area contributed by atoms with E-state index in [0.29, 0.717) is 36.6 Å². The van der Waals surface area contributed by atoms with Crippen LogP contribution in [0.4, 0.5) is 0 Å². The van der Waals surface area contributed by atoms with Crippen molar-refractivity contribution in [3.8, 4) is 16.9 Å². The molecule has 1 aromatic carbocycles. The second-order valence-electron chi connectivity index (χ2n) is 7.09. The Hall–Kier alpha value is -3.16. The topological polar surface area (TPSA) is 60.2 Å². The number of amides is 1. The molecule has 0 radical (unpaired) electrons. The lowest BCUT2D eigenvalue weighted by Gasteiger charge is -2.21. The van der Waals surface area contributed by atoms with Gasteiger partial charge < -0.3 is 14.4 Å². The molecule has 1 amide bonds. The van der Waals surface area contributed by atoms with E-state index in [4.69, 9.17) is 9.47 Å². The molecule has 160 valence electrons. The summed E-state index contributed by atoms with van der Waals surface area (Å²) in [6.45, 7) is 3.44. The third kappa shape index (κ3) is 3.71. The van der Waals surface area contributed by atoms with E-state index in [9.17, 15) is 9.59 Å². The van der Waals surface area contributed by atoms with Crippen LogP contribution < -0.4 is 10.3 Å². The zero-order valence-electron chi connectivity index (χ0n) is 17.8. The molecule has 0 unspecified atom stereocenters. The van der Waals surface area contributed by atoms with Gasteiger partial charge in [0.25, 0.3) is 11.5 Å². The predicted octanol–water partition coefficient (Wildman–Crippen LogP) is 4.30. The summed E-state index contributed by atoms with van der Waals surface area (Å²) in [6, 6.07) is 13.1. The second kappa shape index (κ2) is 8.91. The summed E-state index contributed by atoms with van der Waals surface area (Å²) < 4.78 is 13.1. The third-order valence-corrected chi connectivity index (χ3v) is 6.36. The van der Waals surface area contributed by atoms with Gasteiger partial charge >= 0.3 is 0 Å². The van der Waals surface area contributed by atoms with Crippen molar-refractivity contribution in [3.63, 3.8) is 0 Å². The Kier molecular flexibility index (Phi) is 6.06. The minimum Gasteiger partial charge on any atom is -0.496 e. The Morgan fingerprint density at radius 1 is 1.10 bits per heavy atom. The van der Waals surface area contributed by atoms with Crippen LogP contribution in [-0.2, 0) is 4.74 Å². The van der Waals surface area contributed by atoms with Crippen molar-refractivity contribution in [2.24, 2.45) is 0 Å². The smallest absolute Gasteiger partial charge is 0.263 e. The molecule has 31 heavy (non-hydrogen) atoms. The number of aromatic nitrogens is 1. The lowest BCUT2D eigenvalue weighted by molar-refractivity contribution is 0.0708. The monoisotopic (exact) mass is 436 g/mol. The van der Waals surface area contributed by atoms with Crippen molar-refractivity contribution in [1.29, 1.82) is 0 Å². The molecular weight excluding hydrogens is 412 g/mol. The Labute approximate surface area is 184 Å². The highest BCUT2D eigenvalue weighted by atomic mass is 32.1. The fourth-order valence-electron chi connectivity index (χ4n) is 3.80. The number of hydrogen-bond acceptors (Lipinski definition) is 5. The SMILES string of the molecule is CCN(CCOC)C(=O)c1cn2c(=O)c(-c3ccccc3OC)ccc2c2sccc12. The summed E-state index contributed by atoms with van der Waals surface area (Å²) in [7, 11) is 3.20. The van der Waals surface area contributed by atoms with Gasteiger partial charge in [0.05, 0.1) is 35.1 Å². The summed E-state index contributed by atoms with van der Waals surface area (Å²) in [4.78, 5) is 28.6. The highest BCUT2D eigenvalue weighted by molar-refractivity contribution is 7.18. The number of thiophene rings is 1. The molecule has 0 aliphatic rings. The van der Waals surface area contributed by atoms with Crippen molar-refractivity contribution >= 4 is 32.8 Å². The fourth-order valence-corrected chi connectivity index (χ4v) is 4.73. The fraction of sp³-hybridized carbons (Fsp3) is 0.250. The van der Waals surface area contributed by atoms with Crippen LogP contribution in [0.3, 0.4) is 0 Å². The highest BCUT2D eigenvalue weighted by Gasteiger charge is 2.21. The second-order valence-corrected chi connectivity index (χ2v) is 8.01. The number of rotatable bonds is 7. The van der Waals surface area contributed by atoms with E-state index >= 15 is 0 Å². The standard InChI is InChI=1S/C24H24N2O4S/c1-4-25(12-13-29-2)23(27)19-15-26-20(22-17(19)11-14-31-22)10-9-18(24(26)28)16-7-5-6-8-21(16)30-3/h5-11,14-15H,4,12-13H2,1-3H3. The van der Waals surface area contributed by atoms with Gasteiger partial charge in [0.2, 0.25) is 0 Å². The molecule has 0 N–H and O–H groups in total. The zero-order chi connectivity index (χ0) is 22.0. The summed E-state index contributed by atoms with van der Waals surface area (Å²) in [6.07, 6.45) is 1.67. The molecule has 0 saturated carbocycles. The van der Waals surface area contributed by atoms with Gasteiger partial charge in [-0.05, 0) is 36.6 Å². The van der Waals surface area contributed by atoms with E-state index < -0.39 is 0 Å². The zero-order valence-corrected chi connectivity index (χ0v) is 18.6. The van der Waals surface area contributed by atoms with Crippen LogP contribution in [0.15, 0.2) is 58.8 Å². The molecule has 3 aromatic heterocycles. The number of methoxy groups -OCH3 is 2. The number of benzene rings is 1. The largest absolute Gasteiger partial charge is 0.496 e. The number of pyridine rings is 2. The molecule has 0 aliphatic heterocycles. The van der Waals surface area contributed by atoms with Gasteiger partial charge in [-0.1, -0.05) is 18.2 Å². The Morgan fingerprint density at radius 2 is 1.90 bits per heavy atom. The summed E-state index contributed by atoms with van der Waals surface area (Å²) in [5.74, 6) is 0.518. The number of nitrogens with zero attached hydrogens (tertiary/aromatic N) is 2. The summed E-state index contributed by atoms with van der Waals surface area (Å²) >= 11 is 1.52. The first-order valence-electron chi connectivity index (χ1n) is 10.1. The molecule has 4 aromatic rings. The van der Waals surface area contributed by atoms with Gasteiger partial charge in [-0.25, -0.2) is 0 Å². The first-order valence-corrected chi connectivity index (χ1v) is 11.0. The molecular formula is C24H24N2O4S. The van der Waals surface area contributed by atoms with Crippen molar-refractivity contribution in [2.45, 2.75) is 6.92 Å². The number of carbonyl (C=O) groups excluding carboxylic acids is 1. The molecule has 0 saturated heterocycles. The Bertz CT molecular complexity index is 1310. The number of carbonyl (C=O) groups is 1. The van der Waals surface area contributed by atoms with Crippen molar-refractivity contribution in [2.75, 3.05) is 33.9 Å². The van der Waals surface area contributed by atoms with Crippen molar-refractivity contribution in [1.82, 2.24) is 9.30 Å². The molecule has 0 atom stereocenters. The van der Waals surface area contributed by atoms with Gasteiger partial charge in [0, 0.05) is 37.3 Å². The van der Waals surface area contributed by atoms with E-state index in [-0.39, 0.29) is 11.5 Å². The van der Waals surface area contributed by atoms with E-state index in [0.717, 1.165) is 21.2 Å². The maximum atomic E-state index is 13.5. The van der Waals surface area contributed by atoms with Crippen LogP contribution in [0.5, 0.6) is 5.75 Å². The molecule has 0 fully saturated rings. The van der Waals surface area contributed by atoms with E-state index in [1.165, 1.54) is 11.3 Å². The van der Waals surface area contributed by atoms with Gasteiger partial charge in [0.1, 0.15) is 5.75 Å². The first-order chi connectivity index (χ1) is 15.1. The molecule has 6 nitrogen and oxygen atoms in total. The quantitative estimate of drug-likeness (QED) is 0.433. The predicted molar refractivity (Wildman–Crippen MR) is 124 cm³/mol. The summed E-state index contributed by atoms with van der Waals surface area (Å²) in [5.41, 5.74) is 2.35. The minimum atomic E-state index is -0.189. The van der Waals surface area contributed by atoms with Crippen LogP contribution in [0.1, 0.15) is 17.3 Å².